The lowest BCUT2D eigenvalue weighted by atomic mass is 10.2. The van der Waals surface area contributed by atoms with Crippen molar-refractivity contribution in [1.82, 2.24) is 9.55 Å². The molecule has 1 heterocycles. The first-order chi connectivity index (χ1) is 11.2. The zero-order valence-electron chi connectivity index (χ0n) is 13.7. The summed E-state index contributed by atoms with van der Waals surface area (Å²) in [5, 5.41) is 0. The van der Waals surface area contributed by atoms with Crippen LogP contribution in [0.3, 0.4) is 0 Å². The summed E-state index contributed by atoms with van der Waals surface area (Å²) in [7, 11) is 0. The summed E-state index contributed by atoms with van der Waals surface area (Å²) in [6.07, 6.45) is 0.776. The van der Waals surface area contributed by atoms with Crippen LogP contribution >= 0.6 is 0 Å². The van der Waals surface area contributed by atoms with Crippen molar-refractivity contribution in [2.24, 2.45) is 0 Å². The number of nitrogens with zero attached hydrogens (tertiary/aromatic N) is 2. The number of hydrogen-bond donors (Lipinski definition) is 0. The number of imidazole rings is 1. The number of allylic oxidation sites excluding steroid dienone is 1. The Balaban J connectivity index is 2.03. The van der Waals surface area contributed by atoms with Crippen LogP contribution in [0.25, 0.3) is 11.0 Å². The first-order valence-corrected chi connectivity index (χ1v) is 8.00. The van der Waals surface area contributed by atoms with Gasteiger partial charge >= 0.3 is 0 Å². The fourth-order valence-electron chi connectivity index (χ4n) is 2.76. The second-order valence-electron chi connectivity index (χ2n) is 5.83. The fourth-order valence-corrected chi connectivity index (χ4v) is 2.76. The zero-order valence-corrected chi connectivity index (χ0v) is 13.7. The largest absolute Gasteiger partial charge is 0.483 e. The molecule has 1 unspecified atom stereocenters. The van der Waals surface area contributed by atoms with Gasteiger partial charge in [-0.05, 0) is 37.6 Å². The van der Waals surface area contributed by atoms with Gasteiger partial charge in [0.1, 0.15) is 5.75 Å². The molecule has 2 aromatic carbocycles. The van der Waals surface area contributed by atoms with Crippen LogP contribution in [0.15, 0.2) is 66.7 Å². The standard InChI is InChI=1S/C20H22N2O/c1-4-19(23-16-10-6-5-7-11-16)20-21-17-12-8-9-13-18(17)22(20)14-15(2)3/h5-13,19H,2,4,14H2,1,3H3. The van der Waals surface area contributed by atoms with E-state index in [2.05, 4.69) is 24.1 Å². The molecular weight excluding hydrogens is 284 g/mol. The molecule has 0 N–H and O–H groups in total. The van der Waals surface area contributed by atoms with Gasteiger partial charge in [0.15, 0.2) is 11.9 Å². The fraction of sp³-hybridized carbons (Fsp3) is 0.250. The van der Waals surface area contributed by atoms with Gasteiger partial charge in [0.2, 0.25) is 0 Å². The minimum Gasteiger partial charge on any atom is -0.483 e. The van der Waals surface area contributed by atoms with E-state index in [0.29, 0.717) is 0 Å². The number of rotatable bonds is 6. The molecule has 0 aliphatic heterocycles. The van der Waals surface area contributed by atoms with Gasteiger partial charge in [-0.25, -0.2) is 4.98 Å². The quantitative estimate of drug-likeness (QED) is 0.589. The Hall–Kier alpha value is -2.55. The number of aromatic nitrogens is 2. The van der Waals surface area contributed by atoms with Crippen LogP contribution in [-0.2, 0) is 6.54 Å². The minimum absolute atomic E-state index is 0.0795. The number of benzene rings is 2. The molecule has 0 amide bonds. The second-order valence-corrected chi connectivity index (χ2v) is 5.83. The highest BCUT2D eigenvalue weighted by Gasteiger charge is 2.20. The van der Waals surface area contributed by atoms with Crippen LogP contribution in [0.5, 0.6) is 5.75 Å². The van der Waals surface area contributed by atoms with Gasteiger partial charge in [-0.15, -0.1) is 0 Å². The average Bonchev–Trinajstić information content (AvgIpc) is 2.92. The molecule has 0 saturated heterocycles. The molecule has 0 aliphatic carbocycles. The summed E-state index contributed by atoms with van der Waals surface area (Å²) in [6, 6.07) is 18.1. The third-order valence-electron chi connectivity index (χ3n) is 3.79. The Labute approximate surface area is 137 Å². The molecule has 3 rings (SSSR count). The van der Waals surface area contributed by atoms with Gasteiger partial charge in [-0.3, -0.25) is 0 Å². The summed E-state index contributed by atoms with van der Waals surface area (Å²) < 4.78 is 8.41. The van der Waals surface area contributed by atoms with Crippen molar-refractivity contribution in [3.8, 4) is 5.75 Å². The Kier molecular flexibility index (Phi) is 4.47. The van der Waals surface area contributed by atoms with Gasteiger partial charge in [0, 0.05) is 6.54 Å². The SMILES string of the molecule is C=C(C)Cn1c(C(CC)Oc2ccccc2)nc2ccccc21. The Morgan fingerprint density at radius 2 is 1.83 bits per heavy atom. The van der Waals surface area contributed by atoms with Gasteiger partial charge in [-0.2, -0.15) is 0 Å². The van der Waals surface area contributed by atoms with Crippen molar-refractivity contribution in [3.05, 3.63) is 72.6 Å². The molecule has 0 radical (unpaired) electrons. The second kappa shape index (κ2) is 6.69. The van der Waals surface area contributed by atoms with Crippen molar-refractivity contribution in [2.75, 3.05) is 0 Å². The van der Waals surface area contributed by atoms with Crippen LogP contribution in [-0.4, -0.2) is 9.55 Å². The molecule has 23 heavy (non-hydrogen) atoms. The van der Waals surface area contributed by atoms with Crippen LogP contribution in [0.4, 0.5) is 0 Å². The van der Waals surface area contributed by atoms with E-state index < -0.39 is 0 Å². The molecule has 1 atom stereocenters. The summed E-state index contributed by atoms with van der Waals surface area (Å²) in [5.74, 6) is 1.83. The molecular formula is C20H22N2O. The summed E-state index contributed by atoms with van der Waals surface area (Å²) in [5.41, 5.74) is 3.23. The highest BCUT2D eigenvalue weighted by molar-refractivity contribution is 5.76. The summed E-state index contributed by atoms with van der Waals surface area (Å²) in [6.45, 7) is 8.97. The van der Waals surface area contributed by atoms with E-state index in [1.54, 1.807) is 0 Å². The van der Waals surface area contributed by atoms with Crippen LogP contribution in [0.1, 0.15) is 32.2 Å². The third-order valence-corrected chi connectivity index (χ3v) is 3.79. The van der Waals surface area contributed by atoms with E-state index in [4.69, 9.17) is 9.72 Å². The van der Waals surface area contributed by atoms with E-state index in [1.165, 1.54) is 0 Å². The number of para-hydroxylation sites is 3. The molecule has 0 bridgehead atoms. The van der Waals surface area contributed by atoms with E-state index in [9.17, 15) is 0 Å². The van der Waals surface area contributed by atoms with Gasteiger partial charge in [-0.1, -0.05) is 49.4 Å². The van der Waals surface area contributed by atoms with E-state index in [1.807, 2.05) is 55.5 Å². The number of hydrogen-bond acceptors (Lipinski definition) is 2. The monoisotopic (exact) mass is 306 g/mol. The molecule has 0 fully saturated rings. The van der Waals surface area contributed by atoms with Crippen molar-refractivity contribution in [2.45, 2.75) is 32.9 Å². The predicted octanol–water partition coefficient (Wildman–Crippen LogP) is 5.14. The van der Waals surface area contributed by atoms with Gasteiger partial charge in [0.25, 0.3) is 0 Å². The smallest absolute Gasteiger partial charge is 0.156 e. The van der Waals surface area contributed by atoms with Gasteiger partial charge < -0.3 is 9.30 Å². The van der Waals surface area contributed by atoms with Crippen LogP contribution in [0, 0.1) is 0 Å². The first kappa shape index (κ1) is 15.3. The molecule has 1 aromatic heterocycles. The third kappa shape index (κ3) is 3.29. The highest BCUT2D eigenvalue weighted by Crippen LogP contribution is 2.28. The van der Waals surface area contributed by atoms with E-state index >= 15 is 0 Å². The average molecular weight is 306 g/mol. The minimum atomic E-state index is -0.0795. The molecule has 0 saturated carbocycles. The lowest BCUT2D eigenvalue weighted by Gasteiger charge is -2.19. The molecule has 0 aliphatic rings. The maximum Gasteiger partial charge on any atom is 0.156 e. The van der Waals surface area contributed by atoms with Crippen LogP contribution < -0.4 is 4.74 Å². The van der Waals surface area contributed by atoms with Gasteiger partial charge in [0.05, 0.1) is 11.0 Å². The van der Waals surface area contributed by atoms with Crippen molar-refractivity contribution in [1.29, 1.82) is 0 Å². The zero-order chi connectivity index (χ0) is 16.2. The molecule has 118 valence electrons. The van der Waals surface area contributed by atoms with Crippen molar-refractivity contribution in [3.63, 3.8) is 0 Å². The topological polar surface area (TPSA) is 27.1 Å². The molecule has 3 heteroatoms. The molecule has 3 nitrogen and oxygen atoms in total. The Morgan fingerprint density at radius 1 is 1.13 bits per heavy atom. The predicted molar refractivity (Wildman–Crippen MR) is 94.6 cm³/mol. The normalized spacial score (nSPS) is 12.3. The summed E-state index contributed by atoms with van der Waals surface area (Å²) in [4.78, 5) is 4.83. The van der Waals surface area contributed by atoms with E-state index in [-0.39, 0.29) is 6.10 Å². The number of fused-ring (bicyclic) bond motifs is 1. The van der Waals surface area contributed by atoms with Crippen molar-refractivity contribution < 1.29 is 4.74 Å². The Bertz CT molecular complexity index is 805. The lowest BCUT2D eigenvalue weighted by molar-refractivity contribution is 0.187. The number of ether oxygens (including phenoxy) is 1. The maximum absolute atomic E-state index is 6.19. The highest BCUT2D eigenvalue weighted by atomic mass is 16.5. The maximum atomic E-state index is 6.19. The molecule has 0 spiro atoms. The van der Waals surface area contributed by atoms with Crippen LogP contribution in [0.2, 0.25) is 0 Å². The molecule has 3 aromatic rings. The van der Waals surface area contributed by atoms with E-state index in [0.717, 1.165) is 41.1 Å². The van der Waals surface area contributed by atoms with Crippen molar-refractivity contribution >= 4 is 11.0 Å². The first-order valence-electron chi connectivity index (χ1n) is 8.00. The summed E-state index contributed by atoms with van der Waals surface area (Å²) >= 11 is 0. The lowest BCUT2D eigenvalue weighted by Crippen LogP contribution is -2.14. The Morgan fingerprint density at radius 3 is 2.52 bits per heavy atom.